The summed E-state index contributed by atoms with van der Waals surface area (Å²) in [5.74, 6) is 0. The molecule has 3 radical (unpaired) electrons. The van der Waals surface area contributed by atoms with Crippen molar-refractivity contribution in [3.8, 4) is 0 Å². The van der Waals surface area contributed by atoms with Crippen molar-refractivity contribution in [1.82, 2.24) is 4.81 Å². The van der Waals surface area contributed by atoms with E-state index in [4.69, 9.17) is 7.98 Å². The Morgan fingerprint density at radius 1 is 1.33 bits per heavy atom. The predicted molar refractivity (Wildman–Crippen MR) is 62.2 cm³/mol. The van der Waals surface area contributed by atoms with Crippen molar-refractivity contribution in [3.63, 3.8) is 0 Å². The van der Waals surface area contributed by atoms with Crippen molar-refractivity contribution >= 4 is 7.98 Å². The van der Waals surface area contributed by atoms with Gasteiger partial charge in [-0.25, -0.2) is 0 Å². The minimum Gasteiger partial charge on any atom is -0.353 e. The van der Waals surface area contributed by atoms with Crippen molar-refractivity contribution < 1.29 is 32.7 Å². The molecule has 0 aliphatic carbocycles. The fraction of sp³-hybridized carbons (Fsp3) is 0.417. The zero-order valence-electron chi connectivity index (χ0n) is 9.45. The summed E-state index contributed by atoms with van der Waals surface area (Å²) in [4.78, 5) is 1.83. The number of nitrogens with zero attached hydrogens (tertiary/aromatic N) is 1. The smallest absolute Gasteiger partial charge is 0.182 e. The second kappa shape index (κ2) is 8.49. The van der Waals surface area contributed by atoms with E-state index in [1.807, 2.05) is 4.81 Å². The SMILES string of the molecule is [B]N(CC)CCc1cccc(C[CH2-])c1.[Y]. The van der Waals surface area contributed by atoms with Gasteiger partial charge < -0.3 is 11.7 Å². The number of hydrogen-bond acceptors (Lipinski definition) is 1. The number of hydrogen-bond donors (Lipinski definition) is 0. The van der Waals surface area contributed by atoms with E-state index >= 15 is 0 Å². The van der Waals surface area contributed by atoms with Crippen LogP contribution in [0.1, 0.15) is 18.1 Å². The third-order valence-electron chi connectivity index (χ3n) is 2.37. The summed E-state index contributed by atoms with van der Waals surface area (Å²) >= 11 is 0. The minimum absolute atomic E-state index is 0. The van der Waals surface area contributed by atoms with Crippen LogP contribution >= 0.6 is 0 Å². The Kier molecular flexibility index (Phi) is 8.69. The molecule has 0 aliphatic heterocycles. The minimum atomic E-state index is 0. The van der Waals surface area contributed by atoms with E-state index in [1.54, 1.807) is 0 Å². The van der Waals surface area contributed by atoms with Crippen LogP contribution in [0.25, 0.3) is 0 Å². The van der Waals surface area contributed by atoms with Gasteiger partial charge in [-0.2, -0.15) is 6.42 Å². The first-order valence-corrected chi connectivity index (χ1v) is 5.13. The first-order chi connectivity index (χ1) is 6.76. The van der Waals surface area contributed by atoms with Crippen LogP contribution in [-0.4, -0.2) is 25.9 Å². The van der Waals surface area contributed by atoms with Crippen molar-refractivity contribution in [2.45, 2.75) is 19.8 Å². The van der Waals surface area contributed by atoms with Crippen LogP contribution in [0.15, 0.2) is 24.3 Å². The molecule has 0 bridgehead atoms. The van der Waals surface area contributed by atoms with Crippen LogP contribution in [0.2, 0.25) is 0 Å². The third kappa shape index (κ3) is 5.84. The second-order valence-corrected chi connectivity index (χ2v) is 3.45. The first-order valence-electron chi connectivity index (χ1n) is 5.13. The second-order valence-electron chi connectivity index (χ2n) is 3.45. The molecular weight excluding hydrogens is 258 g/mol. The Bertz CT molecular complexity index is 278. The fourth-order valence-corrected chi connectivity index (χ4v) is 1.37. The summed E-state index contributed by atoms with van der Waals surface area (Å²) in [6, 6.07) is 8.54. The number of likely N-dealkylation sites (N-methyl/N-ethyl adjacent to an activating group) is 1. The van der Waals surface area contributed by atoms with Gasteiger partial charge in [0.25, 0.3) is 0 Å². The van der Waals surface area contributed by atoms with Gasteiger partial charge in [0.1, 0.15) is 0 Å². The van der Waals surface area contributed by atoms with Crippen molar-refractivity contribution in [3.05, 3.63) is 42.3 Å². The number of benzene rings is 1. The van der Waals surface area contributed by atoms with Gasteiger partial charge in [-0.1, -0.05) is 36.8 Å². The monoisotopic (exact) mass is 275 g/mol. The van der Waals surface area contributed by atoms with Crippen LogP contribution in [0.3, 0.4) is 0 Å². The molecule has 15 heavy (non-hydrogen) atoms. The summed E-state index contributed by atoms with van der Waals surface area (Å²) in [6.45, 7) is 7.75. The number of rotatable bonds is 5. The third-order valence-corrected chi connectivity index (χ3v) is 2.37. The molecular formula is C12H17BNY-. The summed E-state index contributed by atoms with van der Waals surface area (Å²) < 4.78 is 0. The van der Waals surface area contributed by atoms with E-state index in [0.29, 0.717) is 0 Å². The van der Waals surface area contributed by atoms with E-state index in [0.717, 1.165) is 25.9 Å². The summed E-state index contributed by atoms with van der Waals surface area (Å²) in [5, 5.41) is 0. The molecule has 0 atom stereocenters. The Morgan fingerprint density at radius 2 is 2.00 bits per heavy atom. The van der Waals surface area contributed by atoms with Gasteiger partial charge in [-0.05, 0) is 25.1 Å². The zero-order chi connectivity index (χ0) is 10.4. The van der Waals surface area contributed by atoms with Crippen LogP contribution in [0, 0.1) is 6.92 Å². The Balaban J connectivity index is 0.00000196. The predicted octanol–water partition coefficient (Wildman–Crippen LogP) is 2.01. The average molecular weight is 275 g/mol. The van der Waals surface area contributed by atoms with Gasteiger partial charge >= 0.3 is 0 Å². The van der Waals surface area contributed by atoms with Gasteiger partial charge in [0.2, 0.25) is 0 Å². The van der Waals surface area contributed by atoms with Crippen LogP contribution < -0.4 is 0 Å². The normalized spacial score (nSPS) is 10.1. The maximum Gasteiger partial charge on any atom is 0.182 e. The van der Waals surface area contributed by atoms with E-state index in [-0.39, 0.29) is 32.7 Å². The molecule has 0 spiro atoms. The van der Waals surface area contributed by atoms with Gasteiger partial charge in [0.15, 0.2) is 7.98 Å². The molecule has 77 valence electrons. The summed E-state index contributed by atoms with van der Waals surface area (Å²) in [5.41, 5.74) is 2.64. The first kappa shape index (κ1) is 15.3. The molecule has 0 unspecified atom stereocenters. The fourth-order valence-electron chi connectivity index (χ4n) is 1.37. The average Bonchev–Trinajstić information content (AvgIpc) is 2.26. The Labute approximate surface area is 120 Å². The van der Waals surface area contributed by atoms with Crippen molar-refractivity contribution in [2.75, 3.05) is 13.1 Å². The van der Waals surface area contributed by atoms with Gasteiger partial charge in [0, 0.05) is 32.7 Å². The van der Waals surface area contributed by atoms with E-state index in [2.05, 4.69) is 38.1 Å². The quantitative estimate of drug-likeness (QED) is 0.587. The molecule has 0 saturated heterocycles. The van der Waals surface area contributed by atoms with Gasteiger partial charge in [-0.15, -0.1) is 0 Å². The van der Waals surface area contributed by atoms with E-state index in [1.165, 1.54) is 11.1 Å². The van der Waals surface area contributed by atoms with Crippen LogP contribution in [0.5, 0.6) is 0 Å². The molecule has 0 aromatic heterocycles. The van der Waals surface area contributed by atoms with Crippen LogP contribution in [0.4, 0.5) is 0 Å². The molecule has 0 heterocycles. The molecule has 0 aliphatic rings. The molecule has 1 rings (SSSR count). The summed E-state index contributed by atoms with van der Waals surface area (Å²) in [7, 11) is 5.71. The van der Waals surface area contributed by atoms with E-state index in [9.17, 15) is 0 Å². The molecule has 1 nitrogen and oxygen atoms in total. The van der Waals surface area contributed by atoms with Gasteiger partial charge in [-0.3, -0.25) is 0 Å². The molecule has 0 N–H and O–H groups in total. The van der Waals surface area contributed by atoms with Gasteiger partial charge in [0.05, 0.1) is 0 Å². The molecule has 0 amide bonds. The van der Waals surface area contributed by atoms with Crippen molar-refractivity contribution in [2.24, 2.45) is 0 Å². The van der Waals surface area contributed by atoms with Crippen molar-refractivity contribution in [1.29, 1.82) is 0 Å². The van der Waals surface area contributed by atoms with Crippen LogP contribution in [-0.2, 0) is 45.6 Å². The molecule has 1 aromatic rings. The Hall–Kier alpha value is 0.349. The summed E-state index contributed by atoms with van der Waals surface area (Å²) in [6.07, 6.45) is 1.87. The maximum absolute atomic E-state index is 5.71. The topological polar surface area (TPSA) is 3.24 Å². The zero-order valence-corrected chi connectivity index (χ0v) is 12.3. The largest absolute Gasteiger partial charge is 0.353 e. The molecule has 1 aromatic carbocycles. The molecule has 3 heteroatoms. The van der Waals surface area contributed by atoms with E-state index < -0.39 is 0 Å². The Morgan fingerprint density at radius 3 is 2.60 bits per heavy atom. The maximum atomic E-state index is 5.71. The molecule has 0 fully saturated rings. The molecule has 0 saturated carbocycles. The standard InChI is InChI=1S/C12H17BN.Y/c1-3-11-6-5-7-12(10-11)8-9-14(13)4-2;/h5-7,10H,1,3-4,8-9H2,2H3;/q-1;.